The molecule has 15 heavy (non-hydrogen) atoms. The van der Waals surface area contributed by atoms with Gasteiger partial charge in [-0.3, -0.25) is 4.79 Å². The van der Waals surface area contributed by atoms with E-state index in [4.69, 9.17) is 5.73 Å². The molecule has 0 atom stereocenters. The Morgan fingerprint density at radius 3 is 1.93 bits per heavy atom. The van der Waals surface area contributed by atoms with Gasteiger partial charge in [0.2, 0.25) is 5.91 Å². The molecule has 0 radical (unpaired) electrons. The van der Waals surface area contributed by atoms with Crippen LogP contribution in [0.4, 0.5) is 0 Å². The normalized spacial score (nSPS) is 13.3. The minimum absolute atomic E-state index is 0.192. The van der Waals surface area contributed by atoms with Crippen LogP contribution in [0, 0.1) is 16.7 Å². The smallest absolute Gasteiger partial charge is 0.223 e. The van der Waals surface area contributed by atoms with Crippen molar-refractivity contribution in [1.29, 1.82) is 0 Å². The molecule has 0 rings (SSSR count). The fourth-order valence-corrected chi connectivity index (χ4v) is 1.98. The van der Waals surface area contributed by atoms with E-state index in [1.165, 1.54) is 6.42 Å². The van der Waals surface area contributed by atoms with Crippen LogP contribution in [-0.2, 0) is 4.79 Å². The number of amides is 1. The Balaban J connectivity index is 4.20. The second-order valence-electron chi connectivity index (χ2n) is 6.51. The summed E-state index contributed by atoms with van der Waals surface area (Å²) in [6.07, 6.45) is 3.13. The number of hydrogen-bond acceptors (Lipinski definition) is 1. The third-order valence-electron chi connectivity index (χ3n) is 3.05. The molecule has 0 spiro atoms. The van der Waals surface area contributed by atoms with Crippen LogP contribution in [0.25, 0.3) is 0 Å². The lowest BCUT2D eigenvalue weighted by Gasteiger charge is -2.30. The Bertz CT molecular complexity index is 217. The molecule has 0 aliphatic heterocycles. The number of primary amides is 1. The lowest BCUT2D eigenvalue weighted by Crippen LogP contribution is -2.32. The van der Waals surface area contributed by atoms with Gasteiger partial charge in [0.25, 0.3) is 0 Å². The summed E-state index contributed by atoms with van der Waals surface area (Å²) in [5.74, 6) is 0.513. The molecule has 2 nitrogen and oxygen atoms in total. The first-order valence-electron chi connectivity index (χ1n) is 5.87. The highest BCUT2D eigenvalue weighted by Crippen LogP contribution is 2.35. The van der Waals surface area contributed by atoms with E-state index in [-0.39, 0.29) is 11.3 Å². The minimum Gasteiger partial charge on any atom is -0.369 e. The van der Waals surface area contributed by atoms with E-state index in [0.717, 1.165) is 12.8 Å². The predicted molar refractivity (Wildman–Crippen MR) is 65.4 cm³/mol. The maximum absolute atomic E-state index is 11.2. The molecule has 0 aliphatic carbocycles. The molecule has 90 valence electrons. The number of rotatable bonds is 6. The van der Waals surface area contributed by atoms with Crippen molar-refractivity contribution in [3.63, 3.8) is 0 Å². The van der Waals surface area contributed by atoms with Crippen LogP contribution < -0.4 is 5.73 Å². The molecule has 0 aromatic rings. The molecule has 0 aliphatic rings. The fraction of sp³-hybridized carbons (Fsp3) is 0.923. The monoisotopic (exact) mass is 213 g/mol. The number of carbonyl (C=O) groups excluding carboxylic acids is 1. The van der Waals surface area contributed by atoms with Crippen molar-refractivity contribution in [3.8, 4) is 0 Å². The van der Waals surface area contributed by atoms with E-state index in [0.29, 0.717) is 11.3 Å². The third-order valence-corrected chi connectivity index (χ3v) is 3.05. The Morgan fingerprint density at radius 2 is 1.60 bits per heavy atom. The number of hydrogen-bond donors (Lipinski definition) is 1. The van der Waals surface area contributed by atoms with Crippen molar-refractivity contribution in [3.05, 3.63) is 0 Å². The first-order valence-corrected chi connectivity index (χ1v) is 5.87. The molecule has 1 amide bonds. The van der Waals surface area contributed by atoms with Crippen LogP contribution in [0.2, 0.25) is 0 Å². The molecule has 0 bridgehead atoms. The summed E-state index contributed by atoms with van der Waals surface area (Å²) >= 11 is 0. The molecule has 0 saturated carbocycles. The van der Waals surface area contributed by atoms with Crippen LogP contribution in [0.1, 0.15) is 60.8 Å². The highest BCUT2D eigenvalue weighted by molar-refractivity contribution is 5.79. The van der Waals surface area contributed by atoms with Crippen LogP contribution in [-0.4, -0.2) is 5.91 Å². The van der Waals surface area contributed by atoms with Crippen LogP contribution in [0.3, 0.4) is 0 Å². The Hall–Kier alpha value is -0.530. The van der Waals surface area contributed by atoms with Gasteiger partial charge in [-0.1, -0.05) is 41.5 Å². The summed E-state index contributed by atoms with van der Waals surface area (Å²) in [5.41, 5.74) is 5.30. The Kier molecular flexibility index (Phi) is 4.82. The predicted octanol–water partition coefficient (Wildman–Crippen LogP) is 3.35. The van der Waals surface area contributed by atoms with Crippen LogP contribution in [0.15, 0.2) is 0 Å². The van der Waals surface area contributed by atoms with Crippen molar-refractivity contribution >= 4 is 5.91 Å². The van der Waals surface area contributed by atoms with Crippen LogP contribution >= 0.6 is 0 Å². The van der Waals surface area contributed by atoms with Crippen LogP contribution in [0.5, 0.6) is 0 Å². The first-order chi connectivity index (χ1) is 6.57. The lowest BCUT2D eigenvalue weighted by atomic mass is 9.75. The molecule has 0 heterocycles. The maximum atomic E-state index is 11.2. The fourth-order valence-electron chi connectivity index (χ4n) is 1.98. The van der Waals surface area contributed by atoms with Crippen molar-refractivity contribution in [2.75, 3.05) is 0 Å². The lowest BCUT2D eigenvalue weighted by molar-refractivity contribution is -0.126. The van der Waals surface area contributed by atoms with E-state index in [2.05, 4.69) is 27.7 Å². The number of nitrogens with two attached hydrogens (primary N) is 1. The van der Waals surface area contributed by atoms with Gasteiger partial charge in [-0.2, -0.15) is 0 Å². The van der Waals surface area contributed by atoms with Gasteiger partial charge in [0.15, 0.2) is 0 Å². The minimum atomic E-state index is -0.367. The molecular weight excluding hydrogens is 186 g/mol. The van der Waals surface area contributed by atoms with Gasteiger partial charge in [-0.15, -0.1) is 0 Å². The second-order valence-corrected chi connectivity index (χ2v) is 6.51. The van der Waals surface area contributed by atoms with E-state index in [1.807, 2.05) is 13.8 Å². The zero-order valence-electron chi connectivity index (χ0n) is 11.2. The summed E-state index contributed by atoms with van der Waals surface area (Å²) < 4.78 is 0. The molecule has 2 N–H and O–H groups in total. The molecule has 0 aromatic heterocycles. The molecule has 0 aromatic carbocycles. The molecule has 0 fully saturated rings. The largest absolute Gasteiger partial charge is 0.369 e. The topological polar surface area (TPSA) is 43.1 Å². The zero-order valence-corrected chi connectivity index (χ0v) is 11.2. The maximum Gasteiger partial charge on any atom is 0.223 e. The van der Waals surface area contributed by atoms with E-state index < -0.39 is 0 Å². The van der Waals surface area contributed by atoms with Gasteiger partial charge in [-0.05, 0) is 30.6 Å². The van der Waals surface area contributed by atoms with E-state index >= 15 is 0 Å². The van der Waals surface area contributed by atoms with Gasteiger partial charge in [-0.25, -0.2) is 0 Å². The summed E-state index contributed by atoms with van der Waals surface area (Å²) in [4.78, 5) is 11.2. The molecule has 0 unspecified atom stereocenters. The van der Waals surface area contributed by atoms with E-state index in [1.54, 1.807) is 0 Å². The highest BCUT2D eigenvalue weighted by atomic mass is 16.1. The summed E-state index contributed by atoms with van der Waals surface area (Å²) in [6, 6.07) is 0. The van der Waals surface area contributed by atoms with E-state index in [9.17, 15) is 4.79 Å². The summed E-state index contributed by atoms with van der Waals surface area (Å²) in [6.45, 7) is 12.9. The van der Waals surface area contributed by atoms with Crippen molar-refractivity contribution in [1.82, 2.24) is 0 Å². The van der Waals surface area contributed by atoms with Crippen molar-refractivity contribution in [2.45, 2.75) is 60.8 Å². The number of carbonyl (C=O) groups is 1. The summed E-state index contributed by atoms with van der Waals surface area (Å²) in [7, 11) is 0. The summed E-state index contributed by atoms with van der Waals surface area (Å²) in [5, 5.41) is 0. The highest BCUT2D eigenvalue weighted by Gasteiger charge is 2.28. The third kappa shape index (κ3) is 5.81. The van der Waals surface area contributed by atoms with Crippen molar-refractivity contribution < 1.29 is 4.79 Å². The average molecular weight is 213 g/mol. The Labute approximate surface area is 94.6 Å². The molecule has 0 saturated heterocycles. The van der Waals surface area contributed by atoms with Gasteiger partial charge < -0.3 is 5.73 Å². The first kappa shape index (κ1) is 14.5. The second kappa shape index (κ2) is 5.00. The standard InChI is InChI=1S/C13H27NO/c1-10(2)9-12(3,4)7-8-13(5,6)11(14)15/h10H,7-9H2,1-6H3,(H2,14,15). The average Bonchev–Trinajstić information content (AvgIpc) is 1.98. The quantitative estimate of drug-likeness (QED) is 0.722. The zero-order chi connectivity index (χ0) is 12.3. The Morgan fingerprint density at radius 1 is 1.13 bits per heavy atom. The molecule has 2 heteroatoms. The van der Waals surface area contributed by atoms with Gasteiger partial charge in [0, 0.05) is 5.41 Å². The SMILES string of the molecule is CC(C)CC(C)(C)CCC(C)(C)C(N)=O. The molecular formula is C13H27NO. The van der Waals surface area contributed by atoms with Gasteiger partial charge >= 0.3 is 0 Å². The van der Waals surface area contributed by atoms with Gasteiger partial charge in [0.1, 0.15) is 0 Å². The van der Waals surface area contributed by atoms with Crippen molar-refractivity contribution in [2.24, 2.45) is 22.5 Å². The van der Waals surface area contributed by atoms with Gasteiger partial charge in [0.05, 0.1) is 0 Å².